The summed E-state index contributed by atoms with van der Waals surface area (Å²) in [6.45, 7) is 0. The first-order valence-electron chi connectivity index (χ1n) is 3.87. The first-order chi connectivity index (χ1) is 7.07. The Hall–Kier alpha value is -1.50. The van der Waals surface area contributed by atoms with Crippen LogP contribution in [0, 0.1) is 0 Å². The molecule has 2 heterocycles. The van der Waals surface area contributed by atoms with Crippen LogP contribution in [-0.4, -0.2) is 15.2 Å². The molecule has 0 aliphatic carbocycles. The van der Waals surface area contributed by atoms with E-state index in [1.807, 2.05) is 0 Å². The summed E-state index contributed by atoms with van der Waals surface area (Å²) in [5.41, 5.74) is 1.13. The highest BCUT2D eigenvalue weighted by molar-refractivity contribution is 7.12. The molecule has 0 aliphatic heterocycles. The fourth-order valence-corrected chi connectivity index (χ4v) is 1.53. The minimum Gasteiger partial charge on any atom is -0.251 e. The van der Waals surface area contributed by atoms with Crippen LogP contribution >= 0.6 is 11.3 Å². The van der Waals surface area contributed by atoms with E-state index in [1.165, 1.54) is 22.9 Å². The van der Waals surface area contributed by atoms with Crippen LogP contribution in [0.2, 0.25) is 0 Å². The number of aromatic nitrogens is 3. The van der Waals surface area contributed by atoms with Crippen molar-refractivity contribution in [2.24, 2.45) is 0 Å². The Labute approximate surface area is 86.6 Å². The van der Waals surface area contributed by atoms with E-state index in [0.717, 1.165) is 12.3 Å². The Kier molecular flexibility index (Phi) is 2.39. The van der Waals surface area contributed by atoms with Crippen LogP contribution in [0.3, 0.4) is 0 Å². The van der Waals surface area contributed by atoms with Gasteiger partial charge < -0.3 is 0 Å². The summed E-state index contributed by atoms with van der Waals surface area (Å²) in [4.78, 5) is 3.32. The third-order valence-electron chi connectivity index (χ3n) is 1.66. The molecule has 0 atom stereocenters. The van der Waals surface area contributed by atoms with Gasteiger partial charge in [0, 0.05) is 11.8 Å². The first-order valence-corrected chi connectivity index (χ1v) is 4.75. The minimum atomic E-state index is -4.40. The van der Waals surface area contributed by atoms with Gasteiger partial charge in [-0.3, -0.25) is 4.98 Å². The van der Waals surface area contributed by atoms with E-state index in [9.17, 15) is 13.2 Å². The summed E-state index contributed by atoms with van der Waals surface area (Å²) in [5.74, 6) is 0. The standard InChI is InChI=1S/C8H4F3N3S/c9-8(10,11)6-2-1-5(3-12-6)7-14-13-4-15-7/h1-4H. The SMILES string of the molecule is FC(F)(F)c1ccc(-c2nncs2)cn1. The van der Waals surface area contributed by atoms with Gasteiger partial charge in [0.25, 0.3) is 0 Å². The number of hydrogen-bond acceptors (Lipinski definition) is 4. The van der Waals surface area contributed by atoms with Crippen molar-refractivity contribution in [3.8, 4) is 10.6 Å². The zero-order chi connectivity index (χ0) is 10.9. The van der Waals surface area contributed by atoms with Gasteiger partial charge in [-0.25, -0.2) is 0 Å². The van der Waals surface area contributed by atoms with E-state index in [-0.39, 0.29) is 0 Å². The van der Waals surface area contributed by atoms with E-state index in [0.29, 0.717) is 10.6 Å². The zero-order valence-corrected chi connectivity index (χ0v) is 8.01. The maximum absolute atomic E-state index is 12.2. The van der Waals surface area contributed by atoms with Gasteiger partial charge in [-0.15, -0.1) is 10.2 Å². The predicted molar refractivity (Wildman–Crippen MR) is 48.1 cm³/mol. The van der Waals surface area contributed by atoms with Gasteiger partial charge >= 0.3 is 6.18 Å². The zero-order valence-electron chi connectivity index (χ0n) is 7.19. The van der Waals surface area contributed by atoms with Gasteiger partial charge in [0.2, 0.25) is 0 Å². The summed E-state index contributed by atoms with van der Waals surface area (Å²) in [5, 5.41) is 7.87. The summed E-state index contributed by atoms with van der Waals surface area (Å²) < 4.78 is 36.5. The number of alkyl halides is 3. The second-order valence-corrected chi connectivity index (χ2v) is 3.51. The topological polar surface area (TPSA) is 38.7 Å². The van der Waals surface area contributed by atoms with Gasteiger partial charge in [0.1, 0.15) is 16.2 Å². The molecule has 78 valence electrons. The van der Waals surface area contributed by atoms with Gasteiger partial charge in [-0.05, 0) is 12.1 Å². The Balaban J connectivity index is 2.33. The fourth-order valence-electron chi connectivity index (χ4n) is 0.987. The molecule has 0 fully saturated rings. The highest BCUT2D eigenvalue weighted by atomic mass is 32.1. The van der Waals surface area contributed by atoms with Crippen LogP contribution in [0.4, 0.5) is 13.2 Å². The summed E-state index contributed by atoms with van der Waals surface area (Å²) in [7, 11) is 0. The quantitative estimate of drug-likeness (QED) is 0.757. The smallest absolute Gasteiger partial charge is 0.251 e. The van der Waals surface area contributed by atoms with Crippen LogP contribution in [0.15, 0.2) is 23.8 Å². The van der Waals surface area contributed by atoms with Crippen molar-refractivity contribution in [2.75, 3.05) is 0 Å². The lowest BCUT2D eigenvalue weighted by atomic mass is 10.2. The lowest BCUT2D eigenvalue weighted by Crippen LogP contribution is -2.07. The molecular weight excluding hydrogens is 227 g/mol. The second kappa shape index (κ2) is 3.58. The normalized spacial score (nSPS) is 11.7. The molecule has 0 spiro atoms. The van der Waals surface area contributed by atoms with Crippen molar-refractivity contribution in [3.63, 3.8) is 0 Å². The van der Waals surface area contributed by atoms with E-state index in [4.69, 9.17) is 0 Å². The Morgan fingerprint density at radius 2 is 2.00 bits per heavy atom. The third-order valence-corrected chi connectivity index (χ3v) is 2.40. The predicted octanol–water partition coefficient (Wildman–Crippen LogP) is 2.62. The maximum Gasteiger partial charge on any atom is 0.433 e. The fraction of sp³-hybridized carbons (Fsp3) is 0.125. The molecule has 0 bridgehead atoms. The van der Waals surface area contributed by atoms with Crippen LogP contribution < -0.4 is 0 Å². The number of halogens is 3. The van der Waals surface area contributed by atoms with Crippen molar-refractivity contribution in [1.29, 1.82) is 0 Å². The molecule has 0 saturated heterocycles. The molecule has 2 aromatic heterocycles. The lowest BCUT2D eigenvalue weighted by molar-refractivity contribution is -0.141. The van der Waals surface area contributed by atoms with Crippen LogP contribution in [0.1, 0.15) is 5.69 Å². The van der Waals surface area contributed by atoms with Crippen molar-refractivity contribution in [3.05, 3.63) is 29.5 Å². The van der Waals surface area contributed by atoms with Crippen LogP contribution in [0.5, 0.6) is 0 Å². The molecule has 0 aromatic carbocycles. The lowest BCUT2D eigenvalue weighted by Gasteiger charge is -2.04. The number of rotatable bonds is 1. The maximum atomic E-state index is 12.2. The number of pyridine rings is 1. The molecule has 2 rings (SSSR count). The van der Waals surface area contributed by atoms with Gasteiger partial charge in [-0.2, -0.15) is 13.2 Å². The molecule has 3 nitrogen and oxygen atoms in total. The van der Waals surface area contributed by atoms with Gasteiger partial charge in [-0.1, -0.05) is 11.3 Å². The highest BCUT2D eigenvalue weighted by Crippen LogP contribution is 2.29. The van der Waals surface area contributed by atoms with E-state index >= 15 is 0 Å². The molecule has 0 unspecified atom stereocenters. The molecular formula is C8H4F3N3S. The monoisotopic (exact) mass is 231 g/mol. The molecule has 0 amide bonds. The summed E-state index contributed by atoms with van der Waals surface area (Å²) in [6.07, 6.45) is -3.26. The first kappa shape index (κ1) is 10.0. The molecule has 7 heteroatoms. The second-order valence-electron chi connectivity index (χ2n) is 2.67. The van der Waals surface area contributed by atoms with Crippen molar-refractivity contribution >= 4 is 11.3 Å². The molecule has 15 heavy (non-hydrogen) atoms. The molecule has 2 aromatic rings. The number of hydrogen-bond donors (Lipinski definition) is 0. The van der Waals surface area contributed by atoms with Crippen LogP contribution in [-0.2, 0) is 6.18 Å². The Bertz CT molecular complexity index is 435. The average Bonchev–Trinajstić information content (AvgIpc) is 2.69. The molecule has 0 radical (unpaired) electrons. The number of nitrogens with zero attached hydrogens (tertiary/aromatic N) is 3. The van der Waals surface area contributed by atoms with Gasteiger partial charge in [0.05, 0.1) is 0 Å². The van der Waals surface area contributed by atoms with Crippen molar-refractivity contribution in [2.45, 2.75) is 6.18 Å². The summed E-state index contributed by atoms with van der Waals surface area (Å²) in [6, 6.07) is 2.26. The van der Waals surface area contributed by atoms with E-state index < -0.39 is 11.9 Å². The van der Waals surface area contributed by atoms with E-state index in [2.05, 4.69) is 15.2 Å². The van der Waals surface area contributed by atoms with E-state index in [1.54, 1.807) is 0 Å². The molecule has 0 aliphatic rings. The third kappa shape index (κ3) is 2.12. The molecule has 0 saturated carbocycles. The summed E-state index contributed by atoms with van der Waals surface area (Å²) >= 11 is 1.25. The Morgan fingerprint density at radius 1 is 1.20 bits per heavy atom. The van der Waals surface area contributed by atoms with Crippen molar-refractivity contribution in [1.82, 2.24) is 15.2 Å². The largest absolute Gasteiger partial charge is 0.433 e. The van der Waals surface area contributed by atoms with Crippen molar-refractivity contribution < 1.29 is 13.2 Å². The van der Waals surface area contributed by atoms with Crippen LogP contribution in [0.25, 0.3) is 10.6 Å². The average molecular weight is 231 g/mol. The molecule has 0 N–H and O–H groups in total. The Morgan fingerprint density at radius 3 is 2.47 bits per heavy atom. The minimum absolute atomic E-state index is 0.533. The highest BCUT2D eigenvalue weighted by Gasteiger charge is 2.32. The van der Waals surface area contributed by atoms with Gasteiger partial charge in [0.15, 0.2) is 0 Å².